The number of rotatable bonds is 8. The van der Waals surface area contributed by atoms with Crippen LogP contribution in [-0.2, 0) is 20.7 Å². The molecular weight excluding hydrogens is 428 g/mol. The van der Waals surface area contributed by atoms with Gasteiger partial charge in [-0.1, -0.05) is 49.4 Å². The molecule has 1 saturated heterocycles. The van der Waals surface area contributed by atoms with Crippen molar-refractivity contribution >= 4 is 17.8 Å². The molecule has 1 heterocycles. The Bertz CT molecular complexity index is 997. The van der Waals surface area contributed by atoms with Crippen molar-refractivity contribution in [3.8, 4) is 0 Å². The van der Waals surface area contributed by atoms with E-state index in [-0.39, 0.29) is 35.8 Å². The van der Waals surface area contributed by atoms with Gasteiger partial charge in [-0.05, 0) is 55.7 Å². The van der Waals surface area contributed by atoms with Gasteiger partial charge in [-0.2, -0.15) is 0 Å². The molecular formula is C27H36N4O3. The maximum atomic E-state index is 13.2. The fourth-order valence-electron chi connectivity index (χ4n) is 5.30. The van der Waals surface area contributed by atoms with E-state index in [9.17, 15) is 9.59 Å². The van der Waals surface area contributed by atoms with E-state index in [1.807, 2.05) is 44.2 Å². The van der Waals surface area contributed by atoms with Crippen molar-refractivity contribution in [3.05, 3.63) is 59.2 Å². The number of carbonyl (C=O) groups is 2. The summed E-state index contributed by atoms with van der Waals surface area (Å²) in [6.45, 7) is 4.46. The van der Waals surface area contributed by atoms with Gasteiger partial charge >= 0.3 is 0 Å². The smallest absolute Gasteiger partial charge is 0.232 e. The highest BCUT2D eigenvalue weighted by Gasteiger charge is 2.41. The standard InChI is InChI=1S/C27H36N4O3/c1-4-27(2)17-24(32)31(26(28)30-27)23(14-15-34-3)19-9-7-10-20(16-19)25(33)29-22-13-12-18-8-5-6-11-21(18)22/h5-11,20,22-23H,4,12-17H2,1-3H3,(H2,28,30)(H,29,33)/t20?,22-,23?,27?/m0/s1. The predicted octanol–water partition coefficient (Wildman–Crippen LogP) is 3.62. The van der Waals surface area contributed by atoms with Crippen LogP contribution >= 0.6 is 0 Å². The minimum atomic E-state index is -0.405. The summed E-state index contributed by atoms with van der Waals surface area (Å²) in [4.78, 5) is 28.0. The fraction of sp³-hybridized carbons (Fsp3) is 0.519. The van der Waals surface area contributed by atoms with E-state index in [0.717, 1.165) is 24.8 Å². The molecule has 2 amide bonds. The number of methoxy groups -OCH3 is 1. The number of fused-ring (bicyclic) bond motifs is 1. The van der Waals surface area contributed by atoms with E-state index >= 15 is 0 Å². The molecule has 7 heteroatoms. The van der Waals surface area contributed by atoms with E-state index in [1.165, 1.54) is 11.1 Å². The Morgan fingerprint density at radius 1 is 1.38 bits per heavy atom. The molecule has 1 aromatic carbocycles. The van der Waals surface area contributed by atoms with Crippen molar-refractivity contribution in [2.24, 2.45) is 5.92 Å². The predicted molar refractivity (Wildman–Crippen MR) is 132 cm³/mol. The molecule has 0 spiro atoms. The number of ether oxygens (including phenoxy) is 1. The molecule has 0 bridgehead atoms. The summed E-state index contributed by atoms with van der Waals surface area (Å²) >= 11 is 0. The van der Waals surface area contributed by atoms with Crippen LogP contribution in [0.5, 0.6) is 0 Å². The normalized spacial score (nSPS) is 27.1. The molecule has 1 fully saturated rings. The van der Waals surface area contributed by atoms with Crippen molar-refractivity contribution in [1.29, 1.82) is 5.41 Å². The Hall–Kier alpha value is -2.93. The summed E-state index contributed by atoms with van der Waals surface area (Å²) in [5.74, 6) is -0.236. The molecule has 7 nitrogen and oxygen atoms in total. The van der Waals surface area contributed by atoms with Crippen molar-refractivity contribution in [2.75, 3.05) is 13.7 Å². The van der Waals surface area contributed by atoms with Gasteiger partial charge in [0.05, 0.1) is 24.4 Å². The first kappa shape index (κ1) is 24.2. The Labute approximate surface area is 202 Å². The number of nitrogens with zero attached hydrogens (tertiary/aromatic N) is 1. The molecule has 0 saturated carbocycles. The average molecular weight is 465 g/mol. The van der Waals surface area contributed by atoms with E-state index in [2.05, 4.69) is 22.8 Å². The largest absolute Gasteiger partial charge is 0.385 e. The second-order valence-corrected chi connectivity index (χ2v) is 9.86. The first-order chi connectivity index (χ1) is 16.3. The Kier molecular flexibility index (Phi) is 7.22. The Morgan fingerprint density at radius 3 is 2.91 bits per heavy atom. The highest BCUT2D eigenvalue weighted by Crippen LogP contribution is 2.33. The number of nitrogens with one attached hydrogen (secondary N) is 3. The summed E-state index contributed by atoms with van der Waals surface area (Å²) in [7, 11) is 1.64. The monoisotopic (exact) mass is 464 g/mol. The summed E-state index contributed by atoms with van der Waals surface area (Å²) < 4.78 is 5.33. The SMILES string of the molecule is CCC1(C)CC(=O)N(C(CCOC)C2=CC=CC(C(=O)N[C@H]3CCc4ccccc43)C2)C(=N)N1. The quantitative estimate of drug-likeness (QED) is 0.548. The van der Waals surface area contributed by atoms with Gasteiger partial charge in [0.15, 0.2) is 5.96 Å². The fourth-order valence-corrected chi connectivity index (χ4v) is 5.30. The summed E-state index contributed by atoms with van der Waals surface area (Å²) in [5.41, 5.74) is 3.09. The highest BCUT2D eigenvalue weighted by molar-refractivity contribution is 5.99. The van der Waals surface area contributed by atoms with Crippen LogP contribution in [0.25, 0.3) is 0 Å². The minimum absolute atomic E-state index is 0.00535. The summed E-state index contributed by atoms with van der Waals surface area (Å²) in [5, 5.41) is 15.1. The van der Waals surface area contributed by atoms with Crippen molar-refractivity contribution in [2.45, 2.75) is 70.0 Å². The molecule has 0 radical (unpaired) electrons. The molecule has 34 heavy (non-hydrogen) atoms. The number of aryl methyl sites for hydroxylation is 1. The third-order valence-electron chi connectivity index (χ3n) is 7.48. The van der Waals surface area contributed by atoms with E-state index < -0.39 is 5.54 Å². The third kappa shape index (κ3) is 4.94. The van der Waals surface area contributed by atoms with Crippen LogP contribution in [0.4, 0.5) is 0 Å². The van der Waals surface area contributed by atoms with Crippen LogP contribution in [0.3, 0.4) is 0 Å². The van der Waals surface area contributed by atoms with Gasteiger partial charge in [-0.3, -0.25) is 19.9 Å². The van der Waals surface area contributed by atoms with Gasteiger partial charge in [0.2, 0.25) is 11.8 Å². The van der Waals surface area contributed by atoms with Gasteiger partial charge < -0.3 is 15.4 Å². The molecule has 1 aliphatic heterocycles. The third-order valence-corrected chi connectivity index (χ3v) is 7.48. The molecule has 3 N–H and O–H groups in total. The maximum absolute atomic E-state index is 13.2. The molecule has 4 atom stereocenters. The molecule has 1 aromatic rings. The lowest BCUT2D eigenvalue weighted by atomic mass is 9.85. The minimum Gasteiger partial charge on any atom is -0.385 e. The zero-order chi connectivity index (χ0) is 24.3. The molecule has 3 aliphatic rings. The summed E-state index contributed by atoms with van der Waals surface area (Å²) in [6.07, 6.45) is 9.92. The van der Waals surface area contributed by atoms with Crippen LogP contribution in [0, 0.1) is 11.3 Å². The lowest BCUT2D eigenvalue weighted by molar-refractivity contribution is -0.132. The Balaban J connectivity index is 1.48. The first-order valence-electron chi connectivity index (χ1n) is 12.3. The number of hydrogen-bond donors (Lipinski definition) is 3. The van der Waals surface area contributed by atoms with Gasteiger partial charge in [0, 0.05) is 19.3 Å². The van der Waals surface area contributed by atoms with E-state index in [1.54, 1.807) is 12.0 Å². The van der Waals surface area contributed by atoms with Gasteiger partial charge in [0.1, 0.15) is 0 Å². The number of allylic oxidation sites excluding steroid dienone is 2. The zero-order valence-electron chi connectivity index (χ0n) is 20.4. The molecule has 0 aromatic heterocycles. The average Bonchev–Trinajstić information content (AvgIpc) is 3.23. The van der Waals surface area contributed by atoms with Gasteiger partial charge in [-0.25, -0.2) is 0 Å². The van der Waals surface area contributed by atoms with Crippen LogP contribution < -0.4 is 10.6 Å². The van der Waals surface area contributed by atoms with Crippen molar-refractivity contribution < 1.29 is 14.3 Å². The van der Waals surface area contributed by atoms with Crippen molar-refractivity contribution in [1.82, 2.24) is 15.5 Å². The van der Waals surface area contributed by atoms with Crippen LogP contribution in [0.1, 0.15) is 63.1 Å². The number of hydrogen-bond acceptors (Lipinski definition) is 4. The van der Waals surface area contributed by atoms with E-state index in [4.69, 9.17) is 10.1 Å². The molecule has 182 valence electrons. The second kappa shape index (κ2) is 10.1. The highest BCUT2D eigenvalue weighted by atomic mass is 16.5. The van der Waals surface area contributed by atoms with Crippen LogP contribution in [0.15, 0.2) is 48.1 Å². The van der Waals surface area contributed by atoms with Gasteiger partial charge in [-0.15, -0.1) is 0 Å². The molecule has 3 unspecified atom stereocenters. The zero-order valence-corrected chi connectivity index (χ0v) is 20.4. The Morgan fingerprint density at radius 2 is 2.18 bits per heavy atom. The second-order valence-electron chi connectivity index (χ2n) is 9.86. The first-order valence-corrected chi connectivity index (χ1v) is 12.3. The molecule has 4 rings (SSSR count). The van der Waals surface area contributed by atoms with Crippen LogP contribution in [0.2, 0.25) is 0 Å². The topological polar surface area (TPSA) is 94.5 Å². The lowest BCUT2D eigenvalue weighted by Crippen LogP contribution is -2.63. The van der Waals surface area contributed by atoms with E-state index in [0.29, 0.717) is 25.9 Å². The summed E-state index contributed by atoms with van der Waals surface area (Å²) in [6, 6.07) is 8.02. The number of benzene rings is 1. The number of carbonyl (C=O) groups excluding carboxylic acids is 2. The van der Waals surface area contributed by atoms with Gasteiger partial charge in [0.25, 0.3) is 0 Å². The molecule has 2 aliphatic carbocycles. The van der Waals surface area contributed by atoms with Crippen LogP contribution in [-0.4, -0.2) is 48.0 Å². The van der Waals surface area contributed by atoms with Crippen molar-refractivity contribution in [3.63, 3.8) is 0 Å². The number of amides is 2. The maximum Gasteiger partial charge on any atom is 0.232 e. The number of guanidine groups is 1. The lowest BCUT2D eigenvalue weighted by Gasteiger charge is -2.44.